The summed E-state index contributed by atoms with van der Waals surface area (Å²) < 4.78 is 5.12. The Balaban J connectivity index is 2.31. The van der Waals surface area contributed by atoms with E-state index in [-0.39, 0.29) is 11.4 Å². The predicted molar refractivity (Wildman–Crippen MR) is 61.0 cm³/mol. The first kappa shape index (κ1) is 10.3. The van der Waals surface area contributed by atoms with E-state index in [0.717, 1.165) is 6.29 Å². The average molecular weight is 242 g/mol. The van der Waals surface area contributed by atoms with Crippen LogP contribution in [0.25, 0.3) is 22.4 Å². The predicted octanol–water partition coefficient (Wildman–Crippen LogP) is 0.786. The molecule has 3 rings (SSSR count). The first-order valence-electron chi connectivity index (χ1n) is 5.05. The summed E-state index contributed by atoms with van der Waals surface area (Å²) in [6.07, 6.45) is 0.721. The van der Waals surface area contributed by atoms with Crippen LogP contribution in [0.2, 0.25) is 0 Å². The van der Waals surface area contributed by atoms with Gasteiger partial charge >= 0.3 is 5.63 Å². The van der Waals surface area contributed by atoms with Crippen LogP contribution in [-0.4, -0.2) is 26.9 Å². The molecule has 0 amide bonds. The summed E-state index contributed by atoms with van der Waals surface area (Å²) in [5, 5.41) is 13.7. The van der Waals surface area contributed by atoms with Crippen molar-refractivity contribution in [2.24, 2.45) is 0 Å². The lowest BCUT2D eigenvalue weighted by Gasteiger charge is -1.99. The number of fused-ring (bicyclic) bond motifs is 1. The number of aromatic amines is 1. The third-order valence-corrected chi connectivity index (χ3v) is 2.48. The molecule has 0 atom stereocenters. The molecule has 3 aromatic rings. The maximum Gasteiger partial charge on any atom is 0.347 e. The van der Waals surface area contributed by atoms with Gasteiger partial charge in [-0.05, 0) is 29.5 Å². The van der Waals surface area contributed by atoms with Crippen molar-refractivity contribution in [3.8, 4) is 11.4 Å². The van der Waals surface area contributed by atoms with Gasteiger partial charge in [0.05, 0.1) is 0 Å². The van der Waals surface area contributed by atoms with E-state index in [2.05, 4.69) is 20.6 Å². The van der Waals surface area contributed by atoms with Crippen molar-refractivity contribution in [2.45, 2.75) is 0 Å². The lowest BCUT2D eigenvalue weighted by atomic mass is 10.1. The molecule has 2 aromatic heterocycles. The van der Waals surface area contributed by atoms with Crippen LogP contribution >= 0.6 is 0 Å². The highest BCUT2D eigenvalue weighted by molar-refractivity contribution is 5.87. The fraction of sp³-hybridized carbons (Fsp3) is 0. The largest absolute Gasteiger partial charge is 0.422 e. The topological polar surface area (TPSA) is 102 Å². The van der Waals surface area contributed by atoms with Crippen molar-refractivity contribution in [1.29, 1.82) is 0 Å². The average Bonchev–Trinajstić information content (AvgIpc) is 2.91. The summed E-state index contributed by atoms with van der Waals surface area (Å²) in [7, 11) is 0. The normalized spacial score (nSPS) is 10.7. The van der Waals surface area contributed by atoms with E-state index in [0.29, 0.717) is 16.5 Å². The lowest BCUT2D eigenvalue weighted by Crippen LogP contribution is -2.04. The number of aldehydes is 1. The molecule has 1 N–H and O–H groups in total. The summed E-state index contributed by atoms with van der Waals surface area (Å²) in [5.74, 6) is 0.155. The molecular formula is C11H6N4O3. The molecule has 7 nitrogen and oxygen atoms in total. The highest BCUT2D eigenvalue weighted by atomic mass is 16.4. The van der Waals surface area contributed by atoms with Gasteiger partial charge in [-0.2, -0.15) is 5.21 Å². The van der Waals surface area contributed by atoms with Gasteiger partial charge in [0, 0.05) is 10.9 Å². The fourth-order valence-corrected chi connectivity index (χ4v) is 1.65. The summed E-state index contributed by atoms with van der Waals surface area (Å²) in [5.41, 5.74) is 0.537. The number of nitrogens with one attached hydrogen (secondary N) is 1. The molecule has 18 heavy (non-hydrogen) atoms. The Labute approximate surface area is 99.4 Å². The van der Waals surface area contributed by atoms with E-state index < -0.39 is 5.63 Å². The molecular weight excluding hydrogens is 236 g/mol. The number of benzene rings is 1. The van der Waals surface area contributed by atoms with Gasteiger partial charge in [0.1, 0.15) is 17.4 Å². The third kappa shape index (κ3) is 1.58. The Kier molecular flexibility index (Phi) is 2.23. The Hall–Kier alpha value is -2.83. The van der Waals surface area contributed by atoms with Crippen LogP contribution < -0.4 is 5.63 Å². The molecule has 0 spiro atoms. The van der Waals surface area contributed by atoms with Gasteiger partial charge in [0.25, 0.3) is 0 Å². The Morgan fingerprint density at radius 3 is 2.89 bits per heavy atom. The molecule has 0 fully saturated rings. The van der Waals surface area contributed by atoms with Crippen molar-refractivity contribution in [3.05, 3.63) is 40.2 Å². The molecule has 0 unspecified atom stereocenters. The van der Waals surface area contributed by atoms with Gasteiger partial charge < -0.3 is 4.42 Å². The zero-order chi connectivity index (χ0) is 12.5. The molecule has 2 heterocycles. The molecule has 0 saturated carbocycles. The van der Waals surface area contributed by atoms with Crippen LogP contribution in [0.1, 0.15) is 10.4 Å². The second-order valence-corrected chi connectivity index (χ2v) is 3.60. The fourth-order valence-electron chi connectivity index (χ4n) is 1.65. The van der Waals surface area contributed by atoms with Gasteiger partial charge in [0.15, 0.2) is 0 Å². The number of carbonyl (C=O) groups is 1. The summed E-state index contributed by atoms with van der Waals surface area (Å²) in [6, 6.07) is 6.33. The molecule has 0 aliphatic rings. The van der Waals surface area contributed by atoms with Gasteiger partial charge in [-0.15, -0.1) is 10.2 Å². The number of hydrogen-bond donors (Lipinski definition) is 1. The van der Waals surface area contributed by atoms with Crippen molar-refractivity contribution in [1.82, 2.24) is 20.6 Å². The van der Waals surface area contributed by atoms with Crippen LogP contribution in [0.3, 0.4) is 0 Å². The third-order valence-electron chi connectivity index (χ3n) is 2.48. The summed E-state index contributed by atoms with van der Waals surface area (Å²) in [4.78, 5) is 22.4. The number of aromatic nitrogens is 4. The van der Waals surface area contributed by atoms with Gasteiger partial charge in [-0.25, -0.2) is 4.79 Å². The summed E-state index contributed by atoms with van der Waals surface area (Å²) >= 11 is 0. The SMILES string of the molecule is O=Cc1ccc2oc(=O)c(-c3nn[nH]n3)cc2c1. The molecule has 0 radical (unpaired) electrons. The molecule has 0 bridgehead atoms. The first-order chi connectivity index (χ1) is 8.78. The van der Waals surface area contributed by atoms with Crippen molar-refractivity contribution in [2.75, 3.05) is 0 Å². The van der Waals surface area contributed by atoms with Crippen LogP contribution in [0.15, 0.2) is 33.5 Å². The maximum absolute atomic E-state index is 11.7. The maximum atomic E-state index is 11.7. The number of H-pyrrole nitrogens is 1. The second kappa shape index (κ2) is 3.88. The van der Waals surface area contributed by atoms with Crippen molar-refractivity contribution in [3.63, 3.8) is 0 Å². The van der Waals surface area contributed by atoms with Crippen molar-refractivity contribution < 1.29 is 9.21 Å². The monoisotopic (exact) mass is 242 g/mol. The minimum Gasteiger partial charge on any atom is -0.422 e. The quantitative estimate of drug-likeness (QED) is 0.526. The standard InChI is InChI=1S/C11H6N4O3/c16-5-6-1-2-9-7(3-6)4-8(11(17)18-9)10-12-14-15-13-10/h1-5H,(H,12,13,14,15). The van der Waals surface area contributed by atoms with Gasteiger partial charge in [-0.3, -0.25) is 4.79 Å². The minimum absolute atomic E-state index is 0.155. The van der Waals surface area contributed by atoms with Crippen molar-refractivity contribution >= 4 is 17.3 Å². The minimum atomic E-state index is -0.553. The van der Waals surface area contributed by atoms with Crippen LogP contribution in [0, 0.1) is 0 Å². The zero-order valence-electron chi connectivity index (χ0n) is 8.95. The summed E-state index contributed by atoms with van der Waals surface area (Å²) in [6.45, 7) is 0. The number of hydrogen-bond acceptors (Lipinski definition) is 6. The van der Waals surface area contributed by atoms with E-state index in [1.165, 1.54) is 0 Å². The highest BCUT2D eigenvalue weighted by Crippen LogP contribution is 2.18. The van der Waals surface area contributed by atoms with E-state index in [4.69, 9.17) is 4.42 Å². The molecule has 0 aliphatic carbocycles. The molecule has 0 saturated heterocycles. The Bertz CT molecular complexity index is 777. The number of nitrogens with zero attached hydrogens (tertiary/aromatic N) is 3. The first-order valence-corrected chi connectivity index (χ1v) is 5.05. The van der Waals surface area contributed by atoms with Gasteiger partial charge in [0.2, 0.25) is 5.82 Å². The van der Waals surface area contributed by atoms with E-state index in [9.17, 15) is 9.59 Å². The Morgan fingerprint density at radius 1 is 1.28 bits per heavy atom. The zero-order valence-corrected chi connectivity index (χ0v) is 8.95. The van der Waals surface area contributed by atoms with Crippen LogP contribution in [0.5, 0.6) is 0 Å². The number of tetrazole rings is 1. The number of rotatable bonds is 2. The Morgan fingerprint density at radius 2 is 2.17 bits per heavy atom. The lowest BCUT2D eigenvalue weighted by molar-refractivity contribution is 0.112. The molecule has 0 aliphatic heterocycles. The molecule has 1 aromatic carbocycles. The molecule has 88 valence electrons. The van der Waals surface area contributed by atoms with Gasteiger partial charge in [-0.1, -0.05) is 0 Å². The molecule has 7 heteroatoms. The smallest absolute Gasteiger partial charge is 0.347 e. The van der Waals surface area contributed by atoms with E-state index in [1.54, 1.807) is 24.3 Å². The van der Waals surface area contributed by atoms with E-state index >= 15 is 0 Å². The van der Waals surface area contributed by atoms with Crippen LogP contribution in [0.4, 0.5) is 0 Å². The van der Waals surface area contributed by atoms with E-state index in [1.807, 2.05) is 0 Å². The van der Waals surface area contributed by atoms with Crippen LogP contribution in [-0.2, 0) is 0 Å². The highest BCUT2D eigenvalue weighted by Gasteiger charge is 2.11. The number of carbonyl (C=O) groups excluding carboxylic acids is 1. The second-order valence-electron chi connectivity index (χ2n) is 3.60.